The van der Waals surface area contributed by atoms with Crippen molar-refractivity contribution in [1.82, 2.24) is 9.38 Å². The number of imidazole rings is 1. The molecule has 0 spiro atoms. The lowest BCUT2D eigenvalue weighted by Crippen LogP contribution is -2.09. The summed E-state index contributed by atoms with van der Waals surface area (Å²) in [5.41, 5.74) is 0.414. The summed E-state index contributed by atoms with van der Waals surface area (Å²) in [6.45, 7) is 1.86. The predicted molar refractivity (Wildman–Crippen MR) is 82.5 cm³/mol. The molecule has 0 aliphatic heterocycles. The molecule has 0 amide bonds. The Kier molecular flexibility index (Phi) is 2.68. The van der Waals surface area contributed by atoms with E-state index in [1.54, 1.807) is 36.5 Å². The van der Waals surface area contributed by atoms with E-state index in [9.17, 15) is 15.0 Å². The van der Waals surface area contributed by atoms with Crippen LogP contribution in [-0.2, 0) is 0 Å². The Morgan fingerprint density at radius 1 is 1.22 bits per heavy atom. The highest BCUT2D eigenvalue weighted by Gasteiger charge is 2.19. The maximum atomic E-state index is 12.6. The summed E-state index contributed by atoms with van der Waals surface area (Å²) in [6, 6.07) is 10.0. The van der Waals surface area contributed by atoms with Gasteiger partial charge in [0.2, 0.25) is 5.88 Å². The first-order valence-corrected chi connectivity index (χ1v) is 6.97. The summed E-state index contributed by atoms with van der Waals surface area (Å²) in [6.07, 6.45) is 1.67. The summed E-state index contributed by atoms with van der Waals surface area (Å²) >= 11 is 0. The van der Waals surface area contributed by atoms with Crippen LogP contribution in [0.5, 0.6) is 11.6 Å². The molecule has 0 fully saturated rings. The van der Waals surface area contributed by atoms with Gasteiger partial charge in [-0.15, -0.1) is 0 Å². The van der Waals surface area contributed by atoms with Crippen molar-refractivity contribution in [3.8, 4) is 22.9 Å². The number of aromatic hydroxyl groups is 1. The van der Waals surface area contributed by atoms with Gasteiger partial charge < -0.3 is 14.6 Å². The van der Waals surface area contributed by atoms with E-state index in [2.05, 4.69) is 4.98 Å². The number of hydrogen-bond donors (Lipinski definition) is 1. The maximum Gasteiger partial charge on any atom is 0.345 e. The highest BCUT2D eigenvalue weighted by atomic mass is 16.4. The number of fused-ring (bicyclic) bond motifs is 2. The molecule has 3 aromatic heterocycles. The minimum absolute atomic E-state index is 0.0693. The van der Waals surface area contributed by atoms with Crippen molar-refractivity contribution in [3.63, 3.8) is 0 Å². The minimum Gasteiger partial charge on any atom is -0.871 e. The van der Waals surface area contributed by atoms with Crippen molar-refractivity contribution in [2.45, 2.75) is 6.92 Å². The van der Waals surface area contributed by atoms with Crippen LogP contribution < -0.4 is 10.7 Å². The van der Waals surface area contributed by atoms with Gasteiger partial charge in [-0.1, -0.05) is 30.0 Å². The fourth-order valence-corrected chi connectivity index (χ4v) is 2.63. The molecule has 0 aliphatic carbocycles. The average molecular weight is 307 g/mol. The normalized spacial score (nSPS) is 11.3. The van der Waals surface area contributed by atoms with Gasteiger partial charge in [-0.25, -0.2) is 9.78 Å². The first-order chi connectivity index (χ1) is 11.1. The van der Waals surface area contributed by atoms with Crippen LogP contribution in [0, 0.1) is 6.92 Å². The molecule has 1 aromatic carbocycles. The molecule has 0 unspecified atom stereocenters. The third kappa shape index (κ3) is 1.88. The van der Waals surface area contributed by atoms with E-state index >= 15 is 0 Å². The zero-order valence-corrected chi connectivity index (χ0v) is 12.1. The second kappa shape index (κ2) is 4.61. The molecule has 0 bridgehead atoms. The molecule has 4 aromatic rings. The van der Waals surface area contributed by atoms with Crippen molar-refractivity contribution in [2.75, 3.05) is 0 Å². The topological polar surface area (TPSA) is 90.8 Å². The van der Waals surface area contributed by atoms with E-state index in [1.807, 2.05) is 13.0 Å². The highest BCUT2D eigenvalue weighted by Crippen LogP contribution is 2.35. The monoisotopic (exact) mass is 307 g/mol. The van der Waals surface area contributed by atoms with E-state index in [0.29, 0.717) is 5.65 Å². The summed E-state index contributed by atoms with van der Waals surface area (Å²) in [4.78, 5) is 16.4. The Labute approximate surface area is 129 Å². The summed E-state index contributed by atoms with van der Waals surface area (Å²) < 4.78 is 6.62. The van der Waals surface area contributed by atoms with Crippen LogP contribution in [0.15, 0.2) is 51.8 Å². The second-order valence-electron chi connectivity index (χ2n) is 5.31. The van der Waals surface area contributed by atoms with Crippen LogP contribution in [0.2, 0.25) is 0 Å². The fraction of sp³-hybridized carbons (Fsp3) is 0.0588. The lowest BCUT2D eigenvalue weighted by Gasteiger charge is -2.13. The minimum atomic E-state index is -0.816. The highest BCUT2D eigenvalue weighted by molar-refractivity contribution is 5.90. The van der Waals surface area contributed by atoms with Crippen LogP contribution in [0.1, 0.15) is 5.56 Å². The third-order valence-electron chi connectivity index (χ3n) is 3.74. The Morgan fingerprint density at radius 2 is 2.00 bits per heavy atom. The van der Waals surface area contributed by atoms with E-state index in [1.165, 1.54) is 4.40 Å². The predicted octanol–water partition coefficient (Wildman–Crippen LogP) is 2.20. The summed E-state index contributed by atoms with van der Waals surface area (Å²) in [7, 11) is 0. The zero-order chi connectivity index (χ0) is 16.1. The molecule has 6 heteroatoms. The molecular weight excluding hydrogens is 296 g/mol. The number of para-hydroxylation sites is 1. The van der Waals surface area contributed by atoms with Crippen molar-refractivity contribution < 1.29 is 14.6 Å². The number of benzene rings is 1. The van der Waals surface area contributed by atoms with Crippen molar-refractivity contribution in [3.05, 3.63) is 58.6 Å². The van der Waals surface area contributed by atoms with E-state index < -0.39 is 11.4 Å². The van der Waals surface area contributed by atoms with E-state index in [-0.39, 0.29) is 28.1 Å². The first-order valence-electron chi connectivity index (χ1n) is 6.97. The molecule has 0 saturated heterocycles. The van der Waals surface area contributed by atoms with Gasteiger partial charge in [0, 0.05) is 11.6 Å². The van der Waals surface area contributed by atoms with E-state index in [4.69, 9.17) is 4.42 Å². The van der Waals surface area contributed by atoms with Gasteiger partial charge in [0.05, 0.1) is 5.56 Å². The molecule has 114 valence electrons. The number of hydrogen-bond acceptors (Lipinski definition) is 5. The molecule has 0 atom stereocenters. The largest absolute Gasteiger partial charge is 0.871 e. The van der Waals surface area contributed by atoms with Crippen LogP contribution in [0.3, 0.4) is 0 Å². The molecule has 0 aliphatic rings. The number of pyridine rings is 1. The molecule has 4 rings (SSSR count). The van der Waals surface area contributed by atoms with Gasteiger partial charge in [-0.2, -0.15) is 0 Å². The van der Waals surface area contributed by atoms with Gasteiger partial charge in [0.25, 0.3) is 0 Å². The number of aryl methyl sites for hydroxylation is 1. The Balaban J connectivity index is 2.10. The molecule has 23 heavy (non-hydrogen) atoms. The smallest absolute Gasteiger partial charge is 0.345 e. The average Bonchev–Trinajstić information content (AvgIpc) is 2.84. The second-order valence-corrected chi connectivity index (χ2v) is 5.31. The first kappa shape index (κ1) is 13.4. The number of aromatic nitrogens is 2. The zero-order valence-electron chi connectivity index (χ0n) is 12.1. The van der Waals surface area contributed by atoms with Gasteiger partial charge in [0.1, 0.15) is 16.9 Å². The summed E-state index contributed by atoms with van der Waals surface area (Å²) in [5, 5.41) is 23.3. The summed E-state index contributed by atoms with van der Waals surface area (Å²) in [5.74, 6) is -0.768. The Morgan fingerprint density at radius 3 is 2.83 bits per heavy atom. The molecule has 0 radical (unpaired) electrons. The van der Waals surface area contributed by atoms with Crippen LogP contribution in [0.4, 0.5) is 0 Å². The van der Waals surface area contributed by atoms with Gasteiger partial charge in [-0.05, 0) is 24.6 Å². The quantitative estimate of drug-likeness (QED) is 0.544. The SMILES string of the molecule is Cc1ccc2nc(-c3c([O-])c4ccccc4oc3=O)c(O)n2c1. The molecule has 6 nitrogen and oxygen atoms in total. The molecule has 0 saturated carbocycles. The lowest BCUT2D eigenvalue weighted by atomic mass is 10.1. The number of rotatable bonds is 1. The molecule has 3 heterocycles. The Bertz CT molecular complexity index is 1120. The third-order valence-corrected chi connectivity index (χ3v) is 3.74. The van der Waals surface area contributed by atoms with Crippen LogP contribution in [-0.4, -0.2) is 14.5 Å². The molecular formula is C17H11N2O4-. The van der Waals surface area contributed by atoms with Crippen molar-refractivity contribution in [1.29, 1.82) is 0 Å². The van der Waals surface area contributed by atoms with Crippen molar-refractivity contribution in [2.24, 2.45) is 0 Å². The lowest BCUT2D eigenvalue weighted by molar-refractivity contribution is -0.265. The van der Waals surface area contributed by atoms with E-state index in [0.717, 1.165) is 5.56 Å². The number of nitrogens with zero attached hydrogens (tertiary/aromatic N) is 2. The maximum absolute atomic E-state index is 12.6. The van der Waals surface area contributed by atoms with Gasteiger partial charge in [-0.3, -0.25) is 4.40 Å². The van der Waals surface area contributed by atoms with Gasteiger partial charge in [0.15, 0.2) is 0 Å². The van der Waals surface area contributed by atoms with Crippen LogP contribution >= 0.6 is 0 Å². The molecule has 1 N–H and O–H groups in total. The van der Waals surface area contributed by atoms with Crippen LogP contribution in [0.25, 0.3) is 27.9 Å². The van der Waals surface area contributed by atoms with Crippen molar-refractivity contribution >= 4 is 16.6 Å². The Hall–Kier alpha value is -3.28. The fourth-order valence-electron chi connectivity index (χ4n) is 2.63. The van der Waals surface area contributed by atoms with Gasteiger partial charge >= 0.3 is 5.63 Å². The standard InChI is InChI=1S/C17H12N2O4/c1-9-6-7-12-18-14(16(21)19(12)8-9)13-15(20)10-4-2-3-5-11(10)23-17(13)22/h2-8,20-21H,1H3/p-1.